The van der Waals surface area contributed by atoms with Crippen molar-refractivity contribution in [3.63, 3.8) is 0 Å². The topological polar surface area (TPSA) is 81.9 Å². The van der Waals surface area contributed by atoms with Crippen LogP contribution in [0.15, 0.2) is 53.7 Å². The lowest BCUT2D eigenvalue weighted by molar-refractivity contribution is -0.115. The minimum absolute atomic E-state index is 0.0884. The van der Waals surface area contributed by atoms with Crippen LogP contribution in [0.3, 0.4) is 0 Å². The summed E-state index contributed by atoms with van der Waals surface area (Å²) in [5.41, 5.74) is 1.36. The number of nitrogens with zero attached hydrogens (tertiary/aromatic N) is 4. The second kappa shape index (κ2) is 9.78. The minimum atomic E-state index is -0.571. The van der Waals surface area contributed by atoms with Crippen molar-refractivity contribution in [3.05, 3.63) is 64.1 Å². The lowest BCUT2D eigenvalue weighted by atomic mass is 10.1. The molecule has 2 aromatic carbocycles. The highest BCUT2D eigenvalue weighted by atomic mass is 35.5. The largest absolute Gasteiger partial charge is 0.376 e. The highest BCUT2D eigenvalue weighted by molar-refractivity contribution is 8.00. The van der Waals surface area contributed by atoms with Crippen LogP contribution in [0, 0.1) is 0 Å². The number of nitrogens with one attached hydrogen (secondary N) is 1. The first-order valence-corrected chi connectivity index (χ1v) is 11.1. The van der Waals surface area contributed by atoms with Gasteiger partial charge in [0.05, 0.1) is 12.6 Å². The Hall–Kier alpha value is -2.13. The van der Waals surface area contributed by atoms with Gasteiger partial charge in [0.1, 0.15) is 5.25 Å². The van der Waals surface area contributed by atoms with Gasteiger partial charge in [-0.2, -0.15) is 0 Å². The molecule has 0 radical (unpaired) electrons. The van der Waals surface area contributed by atoms with Gasteiger partial charge in [-0.1, -0.05) is 65.3 Å². The second-order valence-electron chi connectivity index (χ2n) is 6.83. The Labute approximate surface area is 188 Å². The van der Waals surface area contributed by atoms with Gasteiger partial charge in [0.15, 0.2) is 0 Å². The van der Waals surface area contributed by atoms with Gasteiger partial charge in [0.2, 0.25) is 11.1 Å². The Kier molecular flexibility index (Phi) is 6.89. The smallest absolute Gasteiger partial charge is 0.242 e. The van der Waals surface area contributed by atoms with Gasteiger partial charge in [-0.3, -0.25) is 4.79 Å². The number of benzene rings is 2. The molecule has 2 heterocycles. The van der Waals surface area contributed by atoms with Crippen LogP contribution in [0.2, 0.25) is 10.0 Å². The van der Waals surface area contributed by atoms with Crippen molar-refractivity contribution in [1.82, 2.24) is 20.2 Å². The molecule has 1 N–H and O–H groups in total. The maximum Gasteiger partial charge on any atom is 0.242 e. The SMILES string of the molecule is O=C(Nc1cc(Cl)cc(Cl)c1)[C@H](Sc1nnnn1C[C@@H]1CCCO1)c1ccccc1. The summed E-state index contributed by atoms with van der Waals surface area (Å²) in [6.45, 7) is 1.31. The number of hydrogen-bond acceptors (Lipinski definition) is 6. The molecule has 1 fully saturated rings. The zero-order valence-electron chi connectivity index (χ0n) is 15.9. The Balaban J connectivity index is 1.56. The lowest BCUT2D eigenvalue weighted by Crippen LogP contribution is -2.21. The van der Waals surface area contributed by atoms with Crippen molar-refractivity contribution in [1.29, 1.82) is 0 Å². The summed E-state index contributed by atoms with van der Waals surface area (Å²) in [6.07, 6.45) is 2.10. The van der Waals surface area contributed by atoms with Crippen molar-refractivity contribution >= 4 is 46.6 Å². The monoisotopic (exact) mass is 463 g/mol. The number of hydrogen-bond donors (Lipinski definition) is 1. The van der Waals surface area contributed by atoms with Crippen LogP contribution in [0.25, 0.3) is 0 Å². The van der Waals surface area contributed by atoms with Crippen molar-refractivity contribution in [2.24, 2.45) is 0 Å². The predicted octanol–water partition coefficient (Wildman–Crippen LogP) is 4.63. The molecule has 1 aliphatic rings. The predicted molar refractivity (Wildman–Crippen MR) is 117 cm³/mol. The number of anilines is 1. The van der Waals surface area contributed by atoms with Gasteiger partial charge in [0, 0.05) is 22.3 Å². The maximum absolute atomic E-state index is 13.2. The van der Waals surface area contributed by atoms with E-state index in [1.807, 2.05) is 30.3 Å². The van der Waals surface area contributed by atoms with E-state index >= 15 is 0 Å². The number of thioether (sulfide) groups is 1. The van der Waals surface area contributed by atoms with Crippen LogP contribution < -0.4 is 5.32 Å². The standard InChI is InChI=1S/C20H19Cl2N5O2S/c21-14-9-15(22)11-16(10-14)23-19(28)18(13-5-2-1-3-6-13)30-20-24-25-26-27(20)12-17-7-4-8-29-17/h1-3,5-6,9-11,17-18H,4,7-8,12H2,(H,23,28)/t17-,18+/m0/s1. The van der Waals surface area contributed by atoms with Gasteiger partial charge in [-0.15, -0.1) is 5.10 Å². The van der Waals surface area contributed by atoms with Crippen LogP contribution in [0.5, 0.6) is 0 Å². The Morgan fingerprint density at radius 3 is 2.70 bits per heavy atom. The third-order valence-electron chi connectivity index (χ3n) is 4.59. The molecule has 0 saturated carbocycles. The molecule has 0 bridgehead atoms. The van der Waals surface area contributed by atoms with E-state index in [-0.39, 0.29) is 12.0 Å². The molecule has 1 aliphatic heterocycles. The third-order valence-corrected chi connectivity index (χ3v) is 6.26. The number of carbonyl (C=O) groups is 1. The first-order chi connectivity index (χ1) is 14.6. The number of aromatic nitrogens is 4. The van der Waals surface area contributed by atoms with Crippen LogP contribution in [-0.2, 0) is 16.1 Å². The molecule has 1 amide bonds. The van der Waals surface area contributed by atoms with Crippen LogP contribution >= 0.6 is 35.0 Å². The van der Waals surface area contributed by atoms with Gasteiger partial charge in [-0.25, -0.2) is 4.68 Å². The Bertz CT molecular complexity index is 991. The summed E-state index contributed by atoms with van der Waals surface area (Å²) in [5.74, 6) is -0.226. The number of rotatable bonds is 7. The van der Waals surface area contributed by atoms with Crippen molar-refractivity contribution in [3.8, 4) is 0 Å². The van der Waals surface area contributed by atoms with Crippen molar-refractivity contribution in [2.75, 3.05) is 11.9 Å². The second-order valence-corrected chi connectivity index (χ2v) is 8.78. The molecule has 30 heavy (non-hydrogen) atoms. The zero-order chi connectivity index (χ0) is 20.9. The van der Waals surface area contributed by atoms with E-state index in [1.54, 1.807) is 22.9 Å². The fourth-order valence-corrected chi connectivity index (χ4v) is 4.73. The molecule has 1 aromatic heterocycles. The molecule has 0 unspecified atom stereocenters. The molecule has 0 aliphatic carbocycles. The summed E-state index contributed by atoms with van der Waals surface area (Å²) < 4.78 is 7.38. The summed E-state index contributed by atoms with van der Waals surface area (Å²) in [7, 11) is 0. The Morgan fingerprint density at radius 1 is 1.23 bits per heavy atom. The van der Waals surface area contributed by atoms with E-state index in [4.69, 9.17) is 27.9 Å². The highest BCUT2D eigenvalue weighted by Crippen LogP contribution is 2.35. The molecular formula is C20H19Cl2N5O2S. The molecule has 1 saturated heterocycles. The summed E-state index contributed by atoms with van der Waals surface area (Å²) in [6, 6.07) is 14.4. The van der Waals surface area contributed by atoms with Crippen LogP contribution in [0.1, 0.15) is 23.7 Å². The van der Waals surface area contributed by atoms with Gasteiger partial charge in [-0.05, 0) is 47.0 Å². The molecule has 156 valence electrons. The van der Waals surface area contributed by atoms with E-state index in [9.17, 15) is 4.79 Å². The number of ether oxygens (including phenoxy) is 1. The summed E-state index contributed by atoms with van der Waals surface area (Å²) in [5, 5.41) is 15.8. The van der Waals surface area contributed by atoms with Crippen LogP contribution in [-0.4, -0.2) is 38.8 Å². The summed E-state index contributed by atoms with van der Waals surface area (Å²) >= 11 is 13.4. The van der Waals surface area contributed by atoms with Crippen molar-refractivity contribution < 1.29 is 9.53 Å². The first-order valence-electron chi connectivity index (χ1n) is 9.45. The van der Waals surface area contributed by atoms with E-state index in [0.29, 0.717) is 27.4 Å². The van der Waals surface area contributed by atoms with E-state index < -0.39 is 5.25 Å². The zero-order valence-corrected chi connectivity index (χ0v) is 18.2. The lowest BCUT2D eigenvalue weighted by Gasteiger charge is -2.17. The van der Waals surface area contributed by atoms with E-state index in [2.05, 4.69) is 20.8 Å². The van der Waals surface area contributed by atoms with Crippen LogP contribution in [0.4, 0.5) is 5.69 Å². The molecule has 0 spiro atoms. The number of tetrazole rings is 1. The average Bonchev–Trinajstić information content (AvgIpc) is 3.38. The van der Waals surface area contributed by atoms with E-state index in [1.165, 1.54) is 11.8 Å². The Morgan fingerprint density at radius 2 is 2.00 bits per heavy atom. The maximum atomic E-state index is 13.2. The molecule has 4 rings (SSSR count). The number of amides is 1. The summed E-state index contributed by atoms with van der Waals surface area (Å²) in [4.78, 5) is 13.2. The van der Waals surface area contributed by atoms with E-state index in [0.717, 1.165) is 25.0 Å². The minimum Gasteiger partial charge on any atom is -0.376 e. The van der Waals surface area contributed by atoms with Gasteiger partial charge >= 0.3 is 0 Å². The highest BCUT2D eigenvalue weighted by Gasteiger charge is 2.26. The third kappa shape index (κ3) is 5.31. The average molecular weight is 464 g/mol. The fourth-order valence-electron chi connectivity index (χ4n) is 3.22. The number of carbonyl (C=O) groups excluding carboxylic acids is 1. The normalized spacial score (nSPS) is 17.1. The van der Waals surface area contributed by atoms with Gasteiger partial charge < -0.3 is 10.1 Å². The van der Waals surface area contributed by atoms with Gasteiger partial charge in [0.25, 0.3) is 0 Å². The number of halogens is 2. The molecule has 7 nitrogen and oxygen atoms in total. The fraction of sp³-hybridized carbons (Fsp3) is 0.300. The first kappa shape index (κ1) is 21.1. The molecule has 2 atom stereocenters. The molecule has 3 aromatic rings. The quantitative estimate of drug-likeness (QED) is 0.514. The molecular weight excluding hydrogens is 445 g/mol. The van der Waals surface area contributed by atoms with Crippen molar-refractivity contribution in [2.45, 2.75) is 35.9 Å². The molecule has 10 heteroatoms.